The molecule has 0 rings (SSSR count). The maximum Gasteiger partial charge on any atom is 0.305 e. The van der Waals surface area contributed by atoms with Crippen molar-refractivity contribution in [1.29, 1.82) is 0 Å². The van der Waals surface area contributed by atoms with Crippen LogP contribution in [0.2, 0.25) is 0 Å². The van der Waals surface area contributed by atoms with Crippen molar-refractivity contribution >= 4 is 11.9 Å². The molecule has 0 aliphatic rings. The van der Waals surface area contributed by atoms with Crippen LogP contribution in [0.25, 0.3) is 0 Å². The van der Waals surface area contributed by atoms with Crippen LogP contribution in [-0.4, -0.2) is 47.4 Å². The smallest absolute Gasteiger partial charge is 0.305 e. The van der Waals surface area contributed by atoms with Crippen LogP contribution in [0, 0.1) is 0 Å². The first-order valence-corrected chi connectivity index (χ1v) is 35.4. The summed E-state index contributed by atoms with van der Waals surface area (Å²) in [5.74, 6) is -0.00677. The Morgan fingerprint density at radius 3 is 0.922 bits per heavy atom. The van der Waals surface area contributed by atoms with Gasteiger partial charge in [-0.2, -0.15) is 0 Å². The number of hydrogen-bond acceptors (Lipinski definition) is 5. The van der Waals surface area contributed by atoms with Crippen LogP contribution in [0.15, 0.2) is 12.2 Å². The Labute approximate surface area is 482 Å². The summed E-state index contributed by atoms with van der Waals surface area (Å²) in [7, 11) is 0. The Morgan fingerprint density at radius 2 is 0.610 bits per heavy atom. The third-order valence-electron chi connectivity index (χ3n) is 16.8. The lowest BCUT2D eigenvalue weighted by Crippen LogP contribution is -2.45. The van der Waals surface area contributed by atoms with Crippen LogP contribution in [0.1, 0.15) is 406 Å². The molecule has 458 valence electrons. The van der Waals surface area contributed by atoms with Gasteiger partial charge in [0.25, 0.3) is 0 Å². The number of aliphatic hydroxyl groups is 2. The number of esters is 1. The standard InChI is InChI=1S/C71H139NO5/c1-3-5-7-9-11-13-15-41-45-49-53-57-61-65-71(76)77-66-62-58-54-50-46-43-40-38-36-34-32-30-28-26-24-22-20-18-16-17-19-21-23-25-27-29-31-33-35-37-39-42-44-48-52-56-60-64-70(75)72-68(67-73)69(74)63-59-55-51-47-14-12-10-8-6-4-2/h16,18,68-69,73-74H,3-15,17,19-67H2,1-2H3,(H,72,75)/b18-16-. The number of hydrogen-bond donors (Lipinski definition) is 3. The molecule has 1 amide bonds. The highest BCUT2D eigenvalue weighted by molar-refractivity contribution is 5.76. The van der Waals surface area contributed by atoms with E-state index >= 15 is 0 Å². The summed E-state index contributed by atoms with van der Waals surface area (Å²) >= 11 is 0. The van der Waals surface area contributed by atoms with E-state index in [0.29, 0.717) is 25.9 Å². The van der Waals surface area contributed by atoms with E-state index in [9.17, 15) is 19.8 Å². The number of rotatable bonds is 67. The molecule has 0 aliphatic heterocycles. The van der Waals surface area contributed by atoms with Crippen molar-refractivity contribution in [2.75, 3.05) is 13.2 Å². The van der Waals surface area contributed by atoms with Gasteiger partial charge in [0, 0.05) is 12.8 Å². The Morgan fingerprint density at radius 1 is 0.351 bits per heavy atom. The molecule has 0 bridgehead atoms. The zero-order valence-electron chi connectivity index (χ0n) is 52.5. The number of carbonyl (C=O) groups excluding carboxylic acids is 2. The van der Waals surface area contributed by atoms with Crippen LogP contribution in [0.3, 0.4) is 0 Å². The molecular weight excluding hydrogens is 947 g/mol. The topological polar surface area (TPSA) is 95.9 Å². The van der Waals surface area contributed by atoms with Crippen molar-refractivity contribution in [2.45, 2.75) is 418 Å². The lowest BCUT2D eigenvalue weighted by atomic mass is 10.0. The molecule has 3 N–H and O–H groups in total. The van der Waals surface area contributed by atoms with Gasteiger partial charge in [-0.1, -0.05) is 353 Å². The van der Waals surface area contributed by atoms with Gasteiger partial charge < -0.3 is 20.3 Å². The zero-order valence-corrected chi connectivity index (χ0v) is 52.5. The van der Waals surface area contributed by atoms with Gasteiger partial charge in [0.1, 0.15) is 0 Å². The van der Waals surface area contributed by atoms with Gasteiger partial charge in [-0.15, -0.1) is 0 Å². The van der Waals surface area contributed by atoms with E-state index in [1.807, 2.05) is 0 Å². The monoisotopic (exact) mass is 1090 g/mol. The first kappa shape index (κ1) is 75.6. The van der Waals surface area contributed by atoms with Gasteiger partial charge in [-0.25, -0.2) is 0 Å². The summed E-state index contributed by atoms with van der Waals surface area (Å²) in [5, 5.41) is 23.2. The molecule has 0 saturated carbocycles. The molecule has 0 aliphatic carbocycles. The Balaban J connectivity index is 3.29. The second kappa shape index (κ2) is 67.1. The van der Waals surface area contributed by atoms with Crippen molar-refractivity contribution in [2.24, 2.45) is 0 Å². The Kier molecular flexibility index (Phi) is 65.9. The molecule has 0 aromatic rings. The van der Waals surface area contributed by atoms with Gasteiger partial charge >= 0.3 is 5.97 Å². The fourth-order valence-corrected chi connectivity index (χ4v) is 11.4. The summed E-state index contributed by atoms with van der Waals surface area (Å²) in [5.41, 5.74) is 0. The van der Waals surface area contributed by atoms with Crippen molar-refractivity contribution < 1.29 is 24.5 Å². The van der Waals surface area contributed by atoms with E-state index in [1.54, 1.807) is 0 Å². The van der Waals surface area contributed by atoms with Crippen LogP contribution in [0.5, 0.6) is 0 Å². The van der Waals surface area contributed by atoms with Gasteiger partial charge in [0.2, 0.25) is 5.91 Å². The van der Waals surface area contributed by atoms with Crippen LogP contribution >= 0.6 is 0 Å². The maximum atomic E-state index is 12.4. The quantitative estimate of drug-likeness (QED) is 0.0320. The predicted octanol–water partition coefficient (Wildman–Crippen LogP) is 22.8. The summed E-state index contributed by atoms with van der Waals surface area (Å²) in [6.07, 6.45) is 82.9. The number of nitrogens with one attached hydrogen (secondary N) is 1. The SMILES string of the molecule is CCCCCCCCCCCCCCCC(=O)OCCCCCCCCCCCCCCCCCC/C=C\CCCCCCCCCCCCCCCCCCCC(=O)NC(CO)C(O)CCCCCCCCCCCC. The van der Waals surface area contributed by atoms with Crippen molar-refractivity contribution in [3.05, 3.63) is 12.2 Å². The molecule has 0 heterocycles. The van der Waals surface area contributed by atoms with Crippen LogP contribution in [-0.2, 0) is 14.3 Å². The fraction of sp³-hybridized carbons (Fsp3) is 0.944. The third kappa shape index (κ3) is 63.6. The molecule has 0 aromatic heterocycles. The van der Waals surface area contributed by atoms with E-state index in [2.05, 4.69) is 31.3 Å². The summed E-state index contributed by atoms with van der Waals surface area (Å²) < 4.78 is 5.49. The van der Waals surface area contributed by atoms with Crippen LogP contribution in [0.4, 0.5) is 0 Å². The Hall–Kier alpha value is -1.40. The number of carbonyl (C=O) groups is 2. The van der Waals surface area contributed by atoms with Gasteiger partial charge in [0.15, 0.2) is 0 Å². The molecule has 0 radical (unpaired) electrons. The number of aliphatic hydroxyl groups excluding tert-OH is 2. The second-order valence-corrected chi connectivity index (χ2v) is 24.6. The molecule has 6 nitrogen and oxygen atoms in total. The minimum Gasteiger partial charge on any atom is -0.466 e. The van der Waals surface area contributed by atoms with E-state index in [1.165, 1.54) is 334 Å². The minimum absolute atomic E-state index is 0.0237. The maximum absolute atomic E-state index is 12.4. The predicted molar refractivity (Wildman–Crippen MR) is 338 cm³/mol. The molecule has 0 saturated heterocycles. The van der Waals surface area contributed by atoms with Gasteiger partial charge in [0.05, 0.1) is 25.4 Å². The van der Waals surface area contributed by atoms with Gasteiger partial charge in [-0.05, 0) is 51.4 Å². The van der Waals surface area contributed by atoms with Gasteiger partial charge in [-0.3, -0.25) is 9.59 Å². The van der Waals surface area contributed by atoms with E-state index in [0.717, 1.165) is 38.5 Å². The zero-order chi connectivity index (χ0) is 55.7. The summed E-state index contributed by atoms with van der Waals surface area (Å²) in [4.78, 5) is 24.5. The molecular formula is C71H139NO5. The number of ether oxygens (including phenoxy) is 1. The second-order valence-electron chi connectivity index (χ2n) is 24.6. The average molecular weight is 1090 g/mol. The lowest BCUT2D eigenvalue weighted by Gasteiger charge is -2.22. The molecule has 6 heteroatoms. The first-order chi connectivity index (χ1) is 38.0. The first-order valence-electron chi connectivity index (χ1n) is 35.4. The molecule has 0 spiro atoms. The summed E-state index contributed by atoms with van der Waals surface area (Å²) in [6.45, 7) is 4.97. The molecule has 0 fully saturated rings. The van der Waals surface area contributed by atoms with Crippen LogP contribution < -0.4 is 5.32 Å². The number of unbranched alkanes of at least 4 members (excludes halogenated alkanes) is 54. The molecule has 2 atom stereocenters. The van der Waals surface area contributed by atoms with Crippen molar-refractivity contribution in [3.8, 4) is 0 Å². The fourth-order valence-electron chi connectivity index (χ4n) is 11.4. The highest BCUT2D eigenvalue weighted by Gasteiger charge is 2.20. The third-order valence-corrected chi connectivity index (χ3v) is 16.8. The highest BCUT2D eigenvalue weighted by Crippen LogP contribution is 2.19. The minimum atomic E-state index is -0.658. The Bertz CT molecular complexity index is 1160. The molecule has 2 unspecified atom stereocenters. The highest BCUT2D eigenvalue weighted by atomic mass is 16.5. The number of allylic oxidation sites excluding steroid dienone is 2. The molecule has 0 aromatic carbocycles. The van der Waals surface area contributed by atoms with E-state index < -0.39 is 12.1 Å². The van der Waals surface area contributed by atoms with E-state index in [-0.39, 0.29) is 18.5 Å². The molecule has 77 heavy (non-hydrogen) atoms. The average Bonchev–Trinajstić information content (AvgIpc) is 3.43. The van der Waals surface area contributed by atoms with E-state index in [4.69, 9.17) is 4.74 Å². The largest absolute Gasteiger partial charge is 0.466 e. The van der Waals surface area contributed by atoms with Crippen molar-refractivity contribution in [1.82, 2.24) is 5.32 Å². The lowest BCUT2D eigenvalue weighted by molar-refractivity contribution is -0.143. The van der Waals surface area contributed by atoms with Crippen molar-refractivity contribution in [3.63, 3.8) is 0 Å². The normalized spacial score (nSPS) is 12.5. The summed E-state index contributed by atoms with van der Waals surface area (Å²) in [6, 6.07) is -0.536. The number of amides is 1.